The van der Waals surface area contributed by atoms with Crippen LogP contribution in [-0.2, 0) is 6.42 Å². The van der Waals surface area contributed by atoms with Gasteiger partial charge < -0.3 is 4.98 Å². The summed E-state index contributed by atoms with van der Waals surface area (Å²) < 4.78 is 2.20. The van der Waals surface area contributed by atoms with E-state index in [-0.39, 0.29) is 23.0 Å². The number of rotatable bonds is 4. The van der Waals surface area contributed by atoms with Crippen molar-refractivity contribution in [3.05, 3.63) is 60.8 Å². The number of H-pyrrole nitrogens is 1. The number of aromatic nitrogens is 4. The second-order valence-electron chi connectivity index (χ2n) is 6.71. The molecule has 1 atom stereocenters. The summed E-state index contributed by atoms with van der Waals surface area (Å²) in [5.74, 6) is 0.952. The van der Waals surface area contributed by atoms with E-state index in [1.54, 1.807) is 16.7 Å². The third-order valence-electron chi connectivity index (χ3n) is 4.33. The molecule has 0 bridgehead atoms. The van der Waals surface area contributed by atoms with Crippen LogP contribution in [0.3, 0.4) is 0 Å². The van der Waals surface area contributed by atoms with Gasteiger partial charge in [0.15, 0.2) is 4.96 Å². The highest BCUT2D eigenvalue weighted by Crippen LogP contribution is 2.27. The molecule has 0 radical (unpaired) electrons. The fraction of sp³-hybridized carbons (Fsp3) is 0.333. The maximum atomic E-state index is 12.3. The highest BCUT2D eigenvalue weighted by atomic mass is 32.1. The first-order valence-electron chi connectivity index (χ1n) is 8.42. The van der Waals surface area contributed by atoms with Crippen LogP contribution in [0.25, 0.3) is 15.2 Å². The molecule has 0 saturated carbocycles. The van der Waals surface area contributed by atoms with Gasteiger partial charge in [-0.2, -0.15) is 0 Å². The van der Waals surface area contributed by atoms with E-state index < -0.39 is 0 Å². The highest BCUT2D eigenvalue weighted by molar-refractivity contribution is 7.18. The van der Waals surface area contributed by atoms with Crippen molar-refractivity contribution in [2.24, 2.45) is 0 Å². The Hall–Kier alpha value is -2.32. The number of thiazole rings is 1. The molecular weight excluding hydrogens is 368 g/mol. The van der Waals surface area contributed by atoms with Crippen LogP contribution in [0.5, 0.6) is 0 Å². The van der Waals surface area contributed by atoms with E-state index in [1.165, 1.54) is 22.7 Å². The van der Waals surface area contributed by atoms with Crippen molar-refractivity contribution < 1.29 is 0 Å². The van der Waals surface area contributed by atoms with Crippen molar-refractivity contribution in [3.8, 4) is 0 Å². The van der Waals surface area contributed by atoms with Gasteiger partial charge in [0.05, 0.1) is 11.2 Å². The van der Waals surface area contributed by atoms with Crippen LogP contribution in [0.2, 0.25) is 0 Å². The van der Waals surface area contributed by atoms with Gasteiger partial charge in [0, 0.05) is 34.4 Å². The molecular formula is C18H18N4O2S2. The molecule has 0 aromatic carbocycles. The molecule has 8 heteroatoms. The Morgan fingerprint density at radius 2 is 2.00 bits per heavy atom. The van der Waals surface area contributed by atoms with E-state index in [4.69, 9.17) is 0 Å². The van der Waals surface area contributed by atoms with Crippen molar-refractivity contribution in [1.82, 2.24) is 19.4 Å². The molecule has 0 saturated heterocycles. The monoisotopic (exact) mass is 386 g/mol. The number of hydrogen-bond donors (Lipinski definition) is 1. The average molecular weight is 387 g/mol. The molecule has 1 N–H and O–H groups in total. The second-order valence-corrected chi connectivity index (χ2v) is 8.72. The van der Waals surface area contributed by atoms with Crippen LogP contribution in [-0.4, -0.2) is 19.4 Å². The minimum atomic E-state index is -0.0843. The predicted octanol–water partition coefficient (Wildman–Crippen LogP) is 3.52. The van der Waals surface area contributed by atoms with E-state index >= 15 is 0 Å². The minimum Gasteiger partial charge on any atom is -0.309 e. The minimum absolute atomic E-state index is 0.0610. The largest absolute Gasteiger partial charge is 0.309 e. The lowest BCUT2D eigenvalue weighted by Crippen LogP contribution is -2.14. The van der Waals surface area contributed by atoms with Crippen LogP contribution in [0.4, 0.5) is 0 Å². The standard InChI is InChI=1S/C18H18N4O2S2/c1-9(2)16-19-13-7-11(26-15(13)17(24)21-16)6-10(3)12-8-14(23)22-4-5-25-18(22)20-12/h4-5,7-10H,6H2,1-3H3,(H,19,21,24). The van der Waals surface area contributed by atoms with Crippen molar-refractivity contribution in [3.63, 3.8) is 0 Å². The lowest BCUT2D eigenvalue weighted by atomic mass is 10.0. The summed E-state index contributed by atoms with van der Waals surface area (Å²) in [6.45, 7) is 6.06. The smallest absolute Gasteiger partial charge is 0.268 e. The quantitative estimate of drug-likeness (QED) is 0.582. The Balaban J connectivity index is 1.68. The van der Waals surface area contributed by atoms with Gasteiger partial charge in [-0.25, -0.2) is 9.97 Å². The SMILES string of the molecule is CC(C)c1nc2cc(CC(C)c3cc(=O)n4ccsc4n3)sc2c(=O)[nH]1. The normalized spacial score (nSPS) is 13.1. The Kier molecular flexibility index (Phi) is 4.24. The number of nitrogens with one attached hydrogen (secondary N) is 1. The molecule has 134 valence electrons. The van der Waals surface area contributed by atoms with Gasteiger partial charge in [-0.15, -0.1) is 22.7 Å². The molecule has 1 unspecified atom stereocenters. The fourth-order valence-corrected chi connectivity index (χ4v) is 4.75. The third kappa shape index (κ3) is 2.99. The number of hydrogen-bond acceptors (Lipinski definition) is 6. The van der Waals surface area contributed by atoms with E-state index in [9.17, 15) is 9.59 Å². The summed E-state index contributed by atoms with van der Waals surface area (Å²) in [7, 11) is 0. The van der Waals surface area contributed by atoms with Gasteiger partial charge in [0.1, 0.15) is 10.5 Å². The molecule has 0 aliphatic rings. The van der Waals surface area contributed by atoms with Gasteiger partial charge in [-0.3, -0.25) is 14.0 Å². The first-order valence-corrected chi connectivity index (χ1v) is 10.1. The molecule has 4 aromatic rings. The number of nitrogens with zero attached hydrogens (tertiary/aromatic N) is 3. The summed E-state index contributed by atoms with van der Waals surface area (Å²) >= 11 is 2.91. The van der Waals surface area contributed by atoms with E-state index in [1.807, 2.05) is 32.2 Å². The molecule has 4 rings (SSSR count). The maximum Gasteiger partial charge on any atom is 0.268 e. The van der Waals surface area contributed by atoms with Crippen molar-refractivity contribution in [1.29, 1.82) is 0 Å². The zero-order valence-corrected chi connectivity index (χ0v) is 16.3. The predicted molar refractivity (Wildman–Crippen MR) is 106 cm³/mol. The zero-order valence-electron chi connectivity index (χ0n) is 14.6. The Morgan fingerprint density at radius 3 is 2.77 bits per heavy atom. The molecule has 0 aliphatic carbocycles. The first kappa shape index (κ1) is 17.1. The molecule has 0 fully saturated rings. The van der Waals surface area contributed by atoms with Crippen molar-refractivity contribution in [2.45, 2.75) is 39.0 Å². The van der Waals surface area contributed by atoms with Crippen LogP contribution >= 0.6 is 22.7 Å². The van der Waals surface area contributed by atoms with E-state index in [0.29, 0.717) is 21.9 Å². The van der Waals surface area contributed by atoms with Gasteiger partial charge >= 0.3 is 0 Å². The fourth-order valence-electron chi connectivity index (χ4n) is 2.90. The Bertz CT molecular complexity index is 1220. The van der Waals surface area contributed by atoms with Gasteiger partial charge in [0.2, 0.25) is 0 Å². The topological polar surface area (TPSA) is 80.1 Å². The summed E-state index contributed by atoms with van der Waals surface area (Å²) in [6.07, 6.45) is 2.45. The van der Waals surface area contributed by atoms with Gasteiger partial charge in [-0.05, 0) is 12.5 Å². The van der Waals surface area contributed by atoms with E-state index in [0.717, 1.165) is 16.1 Å². The van der Waals surface area contributed by atoms with Crippen molar-refractivity contribution >= 4 is 37.9 Å². The molecule has 26 heavy (non-hydrogen) atoms. The lowest BCUT2D eigenvalue weighted by Gasteiger charge is -2.09. The molecule has 0 aliphatic heterocycles. The second kappa shape index (κ2) is 6.44. The molecule has 4 aromatic heterocycles. The van der Waals surface area contributed by atoms with Gasteiger partial charge in [-0.1, -0.05) is 20.8 Å². The van der Waals surface area contributed by atoms with Crippen LogP contribution < -0.4 is 11.1 Å². The maximum absolute atomic E-state index is 12.3. The van der Waals surface area contributed by atoms with Crippen LogP contribution in [0.1, 0.15) is 49.0 Å². The Morgan fingerprint density at radius 1 is 1.19 bits per heavy atom. The molecule has 6 nitrogen and oxygen atoms in total. The average Bonchev–Trinajstić information content (AvgIpc) is 3.21. The first-order chi connectivity index (χ1) is 12.4. The van der Waals surface area contributed by atoms with Crippen LogP contribution in [0.15, 0.2) is 33.3 Å². The summed E-state index contributed by atoms with van der Waals surface area (Å²) in [5, 5.41) is 1.86. The van der Waals surface area contributed by atoms with Crippen LogP contribution in [0, 0.1) is 0 Å². The number of fused-ring (bicyclic) bond motifs is 2. The summed E-state index contributed by atoms with van der Waals surface area (Å²) in [4.78, 5) is 38.3. The van der Waals surface area contributed by atoms with Crippen molar-refractivity contribution in [2.75, 3.05) is 0 Å². The lowest BCUT2D eigenvalue weighted by molar-refractivity contribution is 0.736. The molecule has 0 amide bonds. The Labute approximate surface area is 157 Å². The zero-order chi connectivity index (χ0) is 18.4. The van der Waals surface area contributed by atoms with Gasteiger partial charge in [0.25, 0.3) is 11.1 Å². The number of thiophene rings is 1. The number of aromatic amines is 1. The molecule has 4 heterocycles. The van der Waals surface area contributed by atoms with E-state index in [2.05, 4.69) is 15.0 Å². The molecule has 0 spiro atoms. The summed E-state index contributed by atoms with van der Waals surface area (Å²) in [5.41, 5.74) is 1.37. The third-order valence-corrected chi connectivity index (χ3v) is 6.24. The summed E-state index contributed by atoms with van der Waals surface area (Å²) in [6, 6.07) is 3.58. The highest BCUT2D eigenvalue weighted by Gasteiger charge is 2.16.